The van der Waals surface area contributed by atoms with Gasteiger partial charge >= 0.3 is 0 Å². The second-order valence-corrected chi connectivity index (χ2v) is 13.4. The lowest BCUT2D eigenvalue weighted by Crippen LogP contribution is -2.44. The highest BCUT2D eigenvalue weighted by molar-refractivity contribution is 8.67. The van der Waals surface area contributed by atoms with Gasteiger partial charge in [-0.2, -0.15) is 0 Å². The van der Waals surface area contributed by atoms with Crippen molar-refractivity contribution < 1.29 is 21.4 Å². The zero-order valence-corrected chi connectivity index (χ0v) is 19.9. The fourth-order valence-electron chi connectivity index (χ4n) is 3.62. The van der Waals surface area contributed by atoms with Crippen LogP contribution >= 0.6 is 22.9 Å². The van der Waals surface area contributed by atoms with Crippen LogP contribution in [-0.4, -0.2) is 41.9 Å². The first kappa shape index (κ1) is 23.2. The highest BCUT2D eigenvalue weighted by Crippen LogP contribution is 2.39. The topological polar surface area (TPSA) is 67.3 Å². The van der Waals surface area contributed by atoms with Crippen molar-refractivity contribution in [2.45, 2.75) is 6.04 Å². The molecule has 1 aromatic heterocycles. The van der Waals surface area contributed by atoms with Crippen molar-refractivity contribution >= 4 is 46.5 Å². The molecule has 3 aromatic rings. The number of hydrogen-bond acceptors (Lipinski definition) is 6. The Morgan fingerprint density at radius 1 is 1.16 bits per heavy atom. The number of likely N-dealkylation sites (tertiary alicyclic amines) is 1. The van der Waals surface area contributed by atoms with Gasteiger partial charge in [0.15, 0.2) is 0 Å². The number of aromatic nitrogens is 1. The molecule has 168 valence electrons. The summed E-state index contributed by atoms with van der Waals surface area (Å²) >= 11 is 7.48. The number of rotatable bonds is 6. The summed E-state index contributed by atoms with van der Waals surface area (Å²) in [4.78, 5) is 6.11. The van der Waals surface area contributed by atoms with Crippen molar-refractivity contribution in [3.05, 3.63) is 92.4 Å². The van der Waals surface area contributed by atoms with Gasteiger partial charge < -0.3 is 0 Å². The lowest BCUT2D eigenvalue weighted by molar-refractivity contribution is 0.203. The minimum Gasteiger partial charge on any atom is -0.282 e. The van der Waals surface area contributed by atoms with E-state index in [1.807, 2.05) is 22.4 Å². The summed E-state index contributed by atoms with van der Waals surface area (Å²) in [5.41, 5.74) is 1.20. The van der Waals surface area contributed by atoms with E-state index in [1.54, 1.807) is 18.3 Å². The van der Waals surface area contributed by atoms with E-state index in [0.717, 1.165) is 29.0 Å². The second-order valence-electron chi connectivity index (χ2n) is 7.18. The van der Waals surface area contributed by atoms with E-state index < -0.39 is 30.3 Å². The van der Waals surface area contributed by atoms with Gasteiger partial charge in [-0.3, -0.25) is 4.90 Å². The van der Waals surface area contributed by atoms with Gasteiger partial charge in [0, 0.05) is 42.0 Å². The van der Waals surface area contributed by atoms with Crippen LogP contribution in [0.1, 0.15) is 22.2 Å². The lowest BCUT2D eigenvalue weighted by atomic mass is 9.97. The largest absolute Gasteiger partial charge is 0.282 e. The first-order valence-electron chi connectivity index (χ1n) is 9.33. The number of halogens is 3. The third-order valence-electron chi connectivity index (χ3n) is 5.03. The van der Waals surface area contributed by atoms with E-state index in [9.17, 15) is 21.4 Å². The molecule has 4 rings (SSSR count). The van der Waals surface area contributed by atoms with Crippen molar-refractivity contribution in [3.63, 3.8) is 0 Å². The molecule has 1 aliphatic heterocycles. The summed E-state index contributed by atoms with van der Waals surface area (Å²) in [6.45, 7) is 0.410. The van der Waals surface area contributed by atoms with E-state index in [-0.39, 0.29) is 29.6 Å². The van der Waals surface area contributed by atoms with Gasteiger partial charge in [-0.1, -0.05) is 23.7 Å². The van der Waals surface area contributed by atoms with Crippen molar-refractivity contribution in [2.75, 3.05) is 19.3 Å². The smallest absolute Gasteiger partial charge is 0.258 e. The first-order chi connectivity index (χ1) is 15.2. The van der Waals surface area contributed by atoms with Crippen LogP contribution < -0.4 is 0 Å². The molecule has 0 amide bonds. The van der Waals surface area contributed by atoms with Crippen molar-refractivity contribution in [1.29, 1.82) is 0 Å². The Morgan fingerprint density at radius 2 is 1.78 bits per heavy atom. The molecule has 0 spiro atoms. The van der Waals surface area contributed by atoms with Crippen molar-refractivity contribution in [1.82, 2.24) is 9.88 Å². The quantitative estimate of drug-likeness (QED) is 0.450. The highest BCUT2D eigenvalue weighted by Gasteiger charge is 2.38. The van der Waals surface area contributed by atoms with Crippen LogP contribution in [0.5, 0.6) is 0 Å². The summed E-state index contributed by atoms with van der Waals surface area (Å²) in [6.07, 6.45) is 2.72. The Labute approximate surface area is 195 Å². The van der Waals surface area contributed by atoms with Gasteiger partial charge in [-0.15, -0.1) is 11.3 Å². The minimum absolute atomic E-state index is 0.148. The van der Waals surface area contributed by atoms with Gasteiger partial charge in [0.25, 0.3) is 8.87 Å². The Morgan fingerprint density at radius 3 is 2.31 bits per heavy atom. The monoisotopic (exact) mass is 514 g/mol. The molecule has 2 unspecified atom stereocenters. The summed E-state index contributed by atoms with van der Waals surface area (Å²) < 4.78 is 65.4. The van der Waals surface area contributed by atoms with E-state index in [1.165, 1.54) is 11.3 Å². The number of benzene rings is 2. The Kier molecular flexibility index (Phi) is 6.60. The Hall–Kier alpha value is -1.98. The van der Waals surface area contributed by atoms with Gasteiger partial charge in [-0.05, 0) is 41.0 Å². The molecular weight excluding hydrogens is 498 g/mol. The molecule has 0 radical (unpaired) electrons. The molecule has 0 saturated carbocycles. The zero-order valence-electron chi connectivity index (χ0n) is 16.7. The molecule has 32 heavy (non-hydrogen) atoms. The normalized spacial score (nSPS) is 16.4. The van der Waals surface area contributed by atoms with Gasteiger partial charge in [-0.25, -0.2) is 26.4 Å². The van der Waals surface area contributed by atoms with Gasteiger partial charge in [0.05, 0.1) is 10.9 Å². The standard InChI is InChI=1S/C21H17ClF2N2O3S3/c1-31(27)32(28,29)20(14-8-17(23)10-18(24)9-14)15-11-26(12-15)19(21-25-6-7-30-21)13-2-4-16(22)5-3-13/h2-10,19H,11-12H2,1H3. The van der Waals surface area contributed by atoms with Crippen LogP contribution in [0.25, 0.3) is 4.91 Å². The predicted molar refractivity (Wildman–Crippen MR) is 123 cm³/mol. The average Bonchev–Trinajstić information content (AvgIpc) is 3.20. The summed E-state index contributed by atoms with van der Waals surface area (Å²) in [5.74, 6) is -1.82. The second kappa shape index (κ2) is 9.11. The third-order valence-corrected chi connectivity index (χ3v) is 10.1. The number of nitrogens with zero attached hydrogens (tertiary/aromatic N) is 2. The summed E-state index contributed by atoms with van der Waals surface area (Å²) in [5, 5.41) is 3.25. The number of hydrogen-bond donors (Lipinski definition) is 0. The summed E-state index contributed by atoms with van der Waals surface area (Å²) in [7, 11) is -6.57. The lowest BCUT2D eigenvalue weighted by Gasteiger charge is -2.41. The van der Waals surface area contributed by atoms with Crippen LogP contribution in [0.4, 0.5) is 8.78 Å². The number of thiazole rings is 1. The van der Waals surface area contributed by atoms with E-state index in [0.29, 0.717) is 16.7 Å². The van der Waals surface area contributed by atoms with Crippen LogP contribution in [0.2, 0.25) is 5.02 Å². The molecule has 0 bridgehead atoms. The Balaban J connectivity index is 1.76. The zero-order chi connectivity index (χ0) is 23.0. The highest BCUT2D eigenvalue weighted by atomic mass is 35.5. The maximum Gasteiger partial charge on any atom is 0.258 e. The van der Waals surface area contributed by atoms with E-state index in [4.69, 9.17) is 11.6 Å². The molecule has 5 nitrogen and oxygen atoms in total. The van der Waals surface area contributed by atoms with E-state index in [2.05, 4.69) is 4.98 Å². The SMILES string of the molecule is CS(=O)S(=O)(=O)C(=C1CN(C(c2ccc(Cl)cc2)c2nccs2)C1)c1cc(F)cc(F)c1. The third kappa shape index (κ3) is 4.55. The maximum atomic E-state index is 13.8. The van der Waals surface area contributed by atoms with Crippen LogP contribution in [-0.2, 0) is 18.7 Å². The molecule has 0 N–H and O–H groups in total. The van der Waals surface area contributed by atoms with Crippen LogP contribution in [0.15, 0.2) is 59.6 Å². The minimum atomic E-state index is -4.30. The van der Waals surface area contributed by atoms with Crippen LogP contribution in [0, 0.1) is 11.6 Å². The van der Waals surface area contributed by atoms with Crippen LogP contribution in [0.3, 0.4) is 0 Å². The molecule has 1 aliphatic rings. The van der Waals surface area contributed by atoms with Gasteiger partial charge in [0.1, 0.15) is 26.5 Å². The fraction of sp³-hybridized carbons (Fsp3) is 0.190. The average molecular weight is 515 g/mol. The fourth-order valence-corrected chi connectivity index (χ4v) is 7.01. The predicted octanol–water partition coefficient (Wildman–Crippen LogP) is 4.60. The molecule has 2 atom stereocenters. The first-order valence-corrected chi connectivity index (χ1v) is 14.1. The molecule has 2 aromatic carbocycles. The molecule has 0 aliphatic carbocycles. The Bertz CT molecular complexity index is 1280. The molecule has 1 saturated heterocycles. The summed E-state index contributed by atoms with van der Waals surface area (Å²) in [6, 6.07) is 9.56. The maximum absolute atomic E-state index is 13.8. The van der Waals surface area contributed by atoms with E-state index >= 15 is 0 Å². The molecule has 1 fully saturated rings. The molecule has 11 heteroatoms. The molecular formula is C21H17ClF2N2O3S3. The van der Waals surface area contributed by atoms with Crippen molar-refractivity contribution in [2.24, 2.45) is 0 Å². The van der Waals surface area contributed by atoms with Crippen molar-refractivity contribution in [3.8, 4) is 0 Å². The van der Waals surface area contributed by atoms with Gasteiger partial charge in [0.2, 0.25) is 0 Å². The molecule has 2 heterocycles.